The van der Waals surface area contributed by atoms with Gasteiger partial charge in [0.05, 0.1) is 25.7 Å². The second-order valence-electron chi connectivity index (χ2n) is 5.36. The number of benzene rings is 2. The van der Waals surface area contributed by atoms with E-state index in [1.165, 1.54) is 21.3 Å². The van der Waals surface area contributed by atoms with E-state index in [1.807, 2.05) is 0 Å². The highest BCUT2D eigenvalue weighted by Gasteiger charge is 2.23. The highest BCUT2D eigenvalue weighted by atomic mass is 32.2. The number of carbonyl (C=O) groups excluding carboxylic acids is 1. The van der Waals surface area contributed by atoms with Gasteiger partial charge < -0.3 is 14.8 Å². The Morgan fingerprint density at radius 1 is 1.08 bits per heavy atom. The van der Waals surface area contributed by atoms with Gasteiger partial charge >= 0.3 is 0 Å². The SMILES string of the molecule is COc1cc(NC(=O)CN(C)S(=O)(=O)c2ccc(F)cc2)cc(OC)c1. The molecule has 9 heteroatoms. The number of carbonyl (C=O) groups is 1. The molecule has 1 amide bonds. The van der Waals surface area contributed by atoms with E-state index in [9.17, 15) is 17.6 Å². The quantitative estimate of drug-likeness (QED) is 0.793. The Bertz CT molecular complexity index is 862. The topological polar surface area (TPSA) is 84.9 Å². The van der Waals surface area contributed by atoms with Gasteiger partial charge in [-0.1, -0.05) is 0 Å². The summed E-state index contributed by atoms with van der Waals surface area (Å²) >= 11 is 0. The number of methoxy groups -OCH3 is 2. The van der Waals surface area contributed by atoms with Crippen LogP contribution >= 0.6 is 0 Å². The lowest BCUT2D eigenvalue weighted by Crippen LogP contribution is -2.35. The Morgan fingerprint density at radius 3 is 2.12 bits per heavy atom. The Balaban J connectivity index is 2.10. The molecule has 2 aromatic carbocycles. The fourth-order valence-electron chi connectivity index (χ4n) is 2.15. The normalized spacial score (nSPS) is 11.3. The smallest absolute Gasteiger partial charge is 0.243 e. The zero-order valence-electron chi connectivity index (χ0n) is 14.5. The number of nitrogens with one attached hydrogen (secondary N) is 1. The zero-order valence-corrected chi connectivity index (χ0v) is 15.3. The molecule has 0 aromatic heterocycles. The van der Waals surface area contributed by atoms with Gasteiger partial charge in [-0.05, 0) is 24.3 Å². The Kier molecular flexibility index (Phi) is 6.17. The molecule has 2 aromatic rings. The number of nitrogens with zero attached hydrogens (tertiary/aromatic N) is 1. The van der Waals surface area contributed by atoms with Crippen molar-refractivity contribution in [1.29, 1.82) is 0 Å². The maximum absolute atomic E-state index is 13.0. The standard InChI is InChI=1S/C17H19FN2O5S/c1-20(26(22,23)16-6-4-12(18)5-7-16)11-17(21)19-13-8-14(24-2)10-15(9-13)25-3/h4-10H,11H2,1-3H3,(H,19,21). The van der Waals surface area contributed by atoms with Gasteiger partial charge in [-0.3, -0.25) is 4.79 Å². The molecule has 0 fully saturated rings. The second kappa shape index (κ2) is 8.15. The minimum Gasteiger partial charge on any atom is -0.497 e. The molecule has 0 spiro atoms. The lowest BCUT2D eigenvalue weighted by molar-refractivity contribution is -0.116. The van der Waals surface area contributed by atoms with Crippen LogP contribution in [0, 0.1) is 5.82 Å². The van der Waals surface area contributed by atoms with Crippen molar-refractivity contribution in [3.8, 4) is 11.5 Å². The third kappa shape index (κ3) is 4.70. The highest BCUT2D eigenvalue weighted by molar-refractivity contribution is 7.89. The predicted molar refractivity (Wildman–Crippen MR) is 94.4 cm³/mol. The average Bonchev–Trinajstić information content (AvgIpc) is 2.61. The lowest BCUT2D eigenvalue weighted by Gasteiger charge is -2.17. The van der Waals surface area contributed by atoms with Gasteiger partial charge in [0, 0.05) is 30.9 Å². The monoisotopic (exact) mass is 382 g/mol. The molecule has 0 aliphatic carbocycles. The van der Waals surface area contributed by atoms with Gasteiger partial charge in [0.2, 0.25) is 15.9 Å². The van der Waals surface area contributed by atoms with E-state index in [4.69, 9.17) is 9.47 Å². The first-order chi connectivity index (χ1) is 12.3. The van der Waals surface area contributed by atoms with Crippen molar-refractivity contribution in [3.63, 3.8) is 0 Å². The zero-order chi connectivity index (χ0) is 19.3. The van der Waals surface area contributed by atoms with Crippen LogP contribution in [-0.4, -0.2) is 46.4 Å². The van der Waals surface area contributed by atoms with Crippen molar-refractivity contribution < 1.29 is 27.1 Å². The van der Waals surface area contributed by atoms with Gasteiger partial charge in [0.1, 0.15) is 17.3 Å². The van der Waals surface area contributed by atoms with Gasteiger partial charge in [0.25, 0.3) is 0 Å². The molecule has 0 aliphatic rings. The fourth-order valence-corrected chi connectivity index (χ4v) is 3.28. The van der Waals surface area contributed by atoms with Crippen LogP contribution in [0.25, 0.3) is 0 Å². The molecule has 26 heavy (non-hydrogen) atoms. The van der Waals surface area contributed by atoms with Crippen LogP contribution in [0.15, 0.2) is 47.4 Å². The van der Waals surface area contributed by atoms with Crippen LogP contribution in [0.3, 0.4) is 0 Å². The summed E-state index contributed by atoms with van der Waals surface area (Å²) in [4.78, 5) is 12.1. The van der Waals surface area contributed by atoms with Crippen LogP contribution in [0.1, 0.15) is 0 Å². The maximum atomic E-state index is 13.0. The molecule has 0 radical (unpaired) electrons. The molecule has 0 bridgehead atoms. The van der Waals surface area contributed by atoms with E-state index in [0.717, 1.165) is 28.6 Å². The molecule has 1 N–H and O–H groups in total. The van der Waals surface area contributed by atoms with E-state index in [2.05, 4.69) is 5.32 Å². The highest BCUT2D eigenvalue weighted by Crippen LogP contribution is 2.25. The molecule has 2 rings (SSSR count). The minimum atomic E-state index is -3.91. The van der Waals surface area contributed by atoms with Crippen molar-refractivity contribution in [3.05, 3.63) is 48.3 Å². The number of hydrogen-bond donors (Lipinski definition) is 1. The van der Waals surface area contributed by atoms with Gasteiger partial charge in [-0.25, -0.2) is 12.8 Å². The Labute approximate surface area is 151 Å². The molecule has 7 nitrogen and oxygen atoms in total. The summed E-state index contributed by atoms with van der Waals surface area (Å²) in [5.74, 6) is -0.135. The summed E-state index contributed by atoms with van der Waals surface area (Å²) in [6, 6.07) is 9.18. The number of likely N-dealkylation sites (N-methyl/N-ethyl adjacent to an activating group) is 1. The molecular formula is C17H19FN2O5S. The first kappa shape index (κ1) is 19.7. The lowest BCUT2D eigenvalue weighted by atomic mass is 10.2. The summed E-state index contributed by atoms with van der Waals surface area (Å²) in [7, 11) is 0.307. The van der Waals surface area contributed by atoms with Crippen LogP contribution in [0.2, 0.25) is 0 Å². The van der Waals surface area contributed by atoms with Gasteiger partial charge in [0.15, 0.2) is 0 Å². The van der Waals surface area contributed by atoms with Crippen LogP contribution in [-0.2, 0) is 14.8 Å². The van der Waals surface area contributed by atoms with E-state index in [0.29, 0.717) is 17.2 Å². The summed E-state index contributed by atoms with van der Waals surface area (Å²) < 4.78 is 48.9. The molecule has 0 atom stereocenters. The number of amides is 1. The number of ether oxygens (including phenoxy) is 2. The molecule has 0 aliphatic heterocycles. The molecule has 0 unspecified atom stereocenters. The molecule has 0 saturated carbocycles. The van der Waals surface area contributed by atoms with E-state index in [1.54, 1.807) is 18.2 Å². The van der Waals surface area contributed by atoms with Crippen LogP contribution < -0.4 is 14.8 Å². The Morgan fingerprint density at radius 2 is 1.62 bits per heavy atom. The number of sulfonamides is 1. The van der Waals surface area contributed by atoms with E-state index in [-0.39, 0.29) is 4.90 Å². The van der Waals surface area contributed by atoms with Crippen molar-refractivity contribution in [2.75, 3.05) is 33.1 Å². The largest absolute Gasteiger partial charge is 0.497 e. The fraction of sp³-hybridized carbons (Fsp3) is 0.235. The average molecular weight is 382 g/mol. The van der Waals surface area contributed by atoms with E-state index >= 15 is 0 Å². The molecule has 140 valence electrons. The van der Waals surface area contributed by atoms with Gasteiger partial charge in [-0.15, -0.1) is 0 Å². The number of rotatable bonds is 7. The van der Waals surface area contributed by atoms with Crippen molar-refractivity contribution in [2.45, 2.75) is 4.90 Å². The maximum Gasteiger partial charge on any atom is 0.243 e. The number of halogens is 1. The number of hydrogen-bond acceptors (Lipinski definition) is 5. The van der Waals surface area contributed by atoms with Crippen molar-refractivity contribution in [1.82, 2.24) is 4.31 Å². The van der Waals surface area contributed by atoms with E-state index < -0.39 is 28.3 Å². The molecule has 0 saturated heterocycles. The minimum absolute atomic E-state index is 0.0998. The number of anilines is 1. The van der Waals surface area contributed by atoms with Crippen LogP contribution in [0.5, 0.6) is 11.5 Å². The summed E-state index contributed by atoms with van der Waals surface area (Å²) in [6.45, 7) is -0.417. The third-order valence-electron chi connectivity index (χ3n) is 3.52. The third-order valence-corrected chi connectivity index (χ3v) is 5.34. The Hall–Kier alpha value is -2.65. The summed E-state index contributed by atoms with van der Waals surface area (Å²) in [6.07, 6.45) is 0. The van der Waals surface area contributed by atoms with Crippen molar-refractivity contribution in [2.24, 2.45) is 0 Å². The molecule has 0 heterocycles. The van der Waals surface area contributed by atoms with Crippen molar-refractivity contribution >= 4 is 21.6 Å². The molecular weight excluding hydrogens is 363 g/mol. The first-order valence-electron chi connectivity index (χ1n) is 7.51. The van der Waals surface area contributed by atoms with Crippen LogP contribution in [0.4, 0.5) is 10.1 Å². The predicted octanol–water partition coefficient (Wildman–Crippen LogP) is 2.10. The first-order valence-corrected chi connectivity index (χ1v) is 8.95. The second-order valence-corrected chi connectivity index (χ2v) is 7.41. The summed E-state index contributed by atoms with van der Waals surface area (Å²) in [5, 5.41) is 2.59. The summed E-state index contributed by atoms with van der Waals surface area (Å²) in [5.41, 5.74) is 0.402. The van der Waals surface area contributed by atoms with Gasteiger partial charge in [-0.2, -0.15) is 4.31 Å².